The van der Waals surface area contributed by atoms with Crippen LogP contribution in [0, 0.1) is 19.7 Å². The van der Waals surface area contributed by atoms with E-state index in [0.29, 0.717) is 22.6 Å². The molecular weight excluding hydrogens is 409 g/mol. The van der Waals surface area contributed by atoms with Crippen LogP contribution in [0.4, 0.5) is 10.1 Å². The number of aliphatic hydroxyl groups excluding tert-OH is 1. The molecule has 0 spiro atoms. The molecule has 1 N–H and O–H groups in total. The number of amides is 1. The molecule has 1 saturated heterocycles. The lowest BCUT2D eigenvalue weighted by Crippen LogP contribution is -2.29. The second-order valence-corrected chi connectivity index (χ2v) is 7.69. The zero-order valence-corrected chi connectivity index (χ0v) is 17.9. The highest BCUT2D eigenvalue weighted by Crippen LogP contribution is 2.43. The third-order valence-electron chi connectivity index (χ3n) is 5.69. The Morgan fingerprint density at radius 1 is 0.969 bits per heavy atom. The van der Waals surface area contributed by atoms with Crippen LogP contribution in [0.1, 0.15) is 28.3 Å². The summed E-state index contributed by atoms with van der Waals surface area (Å²) in [5.41, 5.74) is 2.57. The molecule has 3 aromatic carbocycles. The van der Waals surface area contributed by atoms with Crippen LogP contribution >= 0.6 is 0 Å². The zero-order valence-electron chi connectivity index (χ0n) is 17.9. The summed E-state index contributed by atoms with van der Waals surface area (Å²) >= 11 is 0. The van der Waals surface area contributed by atoms with Gasteiger partial charge in [0.2, 0.25) is 0 Å². The van der Waals surface area contributed by atoms with Crippen molar-refractivity contribution in [1.29, 1.82) is 0 Å². The van der Waals surface area contributed by atoms with Crippen molar-refractivity contribution in [3.63, 3.8) is 0 Å². The molecule has 4 rings (SSSR count). The van der Waals surface area contributed by atoms with Gasteiger partial charge in [0.25, 0.3) is 11.7 Å². The van der Waals surface area contributed by atoms with E-state index >= 15 is 0 Å². The van der Waals surface area contributed by atoms with Gasteiger partial charge in [-0.2, -0.15) is 0 Å². The lowest BCUT2D eigenvalue weighted by Gasteiger charge is -2.27. The van der Waals surface area contributed by atoms with Gasteiger partial charge < -0.3 is 9.84 Å². The fourth-order valence-electron chi connectivity index (χ4n) is 3.99. The standard InChI is InChI=1S/C26H22FNO4/c1-15-7-4-5-10-20(15)23-22(24(29)17-11-12-21(27)16(2)13-17)25(30)26(31)28(23)18-8-6-9-19(14-18)32-3/h4-14,23,29H,1-3H3/b24-22+. The van der Waals surface area contributed by atoms with E-state index in [1.54, 1.807) is 31.2 Å². The van der Waals surface area contributed by atoms with Crippen LogP contribution < -0.4 is 9.64 Å². The average Bonchev–Trinajstić information content (AvgIpc) is 3.06. The maximum atomic E-state index is 13.8. The number of ether oxygens (including phenoxy) is 1. The van der Waals surface area contributed by atoms with Crippen molar-refractivity contribution < 1.29 is 23.8 Å². The first-order chi connectivity index (χ1) is 15.3. The summed E-state index contributed by atoms with van der Waals surface area (Å²) < 4.78 is 19.1. The summed E-state index contributed by atoms with van der Waals surface area (Å²) in [4.78, 5) is 27.8. The SMILES string of the molecule is COc1cccc(N2C(=O)C(=O)/C(=C(/O)c3ccc(F)c(C)c3)C2c2ccccc2C)c1. The molecular formula is C26H22FNO4. The number of rotatable bonds is 4. The molecule has 32 heavy (non-hydrogen) atoms. The van der Waals surface area contributed by atoms with Crippen molar-refractivity contribution in [2.24, 2.45) is 0 Å². The second kappa shape index (κ2) is 8.30. The second-order valence-electron chi connectivity index (χ2n) is 7.69. The average molecular weight is 431 g/mol. The van der Waals surface area contributed by atoms with Crippen molar-refractivity contribution in [2.75, 3.05) is 12.0 Å². The number of ketones is 1. The number of nitrogens with zero attached hydrogens (tertiary/aromatic N) is 1. The molecule has 1 unspecified atom stereocenters. The Morgan fingerprint density at radius 2 is 1.72 bits per heavy atom. The van der Waals surface area contributed by atoms with Gasteiger partial charge in [0.1, 0.15) is 17.3 Å². The Hall–Kier alpha value is -3.93. The van der Waals surface area contributed by atoms with E-state index in [1.165, 1.54) is 30.2 Å². The molecule has 0 aromatic heterocycles. The van der Waals surface area contributed by atoms with Crippen LogP contribution in [0.15, 0.2) is 72.3 Å². The van der Waals surface area contributed by atoms with Gasteiger partial charge in [0.05, 0.1) is 18.7 Å². The van der Waals surface area contributed by atoms with E-state index in [-0.39, 0.29) is 16.9 Å². The summed E-state index contributed by atoms with van der Waals surface area (Å²) in [5.74, 6) is -1.80. The van der Waals surface area contributed by atoms with Gasteiger partial charge in [-0.05, 0) is 60.9 Å². The maximum Gasteiger partial charge on any atom is 0.300 e. The molecule has 1 fully saturated rings. The smallest absolute Gasteiger partial charge is 0.300 e. The highest BCUT2D eigenvalue weighted by molar-refractivity contribution is 6.51. The number of aryl methyl sites for hydroxylation is 2. The van der Waals surface area contributed by atoms with E-state index in [4.69, 9.17) is 4.74 Å². The summed E-state index contributed by atoms with van der Waals surface area (Å²) in [6.07, 6.45) is 0. The number of halogens is 1. The molecule has 1 aliphatic rings. The quantitative estimate of drug-likeness (QED) is 0.356. The molecule has 1 atom stereocenters. The minimum absolute atomic E-state index is 0.0434. The minimum Gasteiger partial charge on any atom is -0.507 e. The molecule has 0 saturated carbocycles. The molecule has 3 aromatic rings. The van der Waals surface area contributed by atoms with Crippen LogP contribution in [0.2, 0.25) is 0 Å². The number of Topliss-reactive ketones (excluding diaryl/α,β-unsaturated/α-hetero) is 1. The molecule has 5 nitrogen and oxygen atoms in total. The van der Waals surface area contributed by atoms with Crippen molar-refractivity contribution >= 4 is 23.1 Å². The van der Waals surface area contributed by atoms with E-state index in [9.17, 15) is 19.1 Å². The summed E-state index contributed by atoms with van der Waals surface area (Å²) in [6.45, 7) is 3.45. The Bertz CT molecular complexity index is 1260. The normalized spacial score (nSPS) is 17.6. The Balaban J connectivity index is 1.98. The Labute approximate surface area is 185 Å². The fourth-order valence-corrected chi connectivity index (χ4v) is 3.99. The van der Waals surface area contributed by atoms with Crippen LogP contribution in [-0.4, -0.2) is 23.9 Å². The number of hydrogen-bond donors (Lipinski definition) is 1. The first-order valence-electron chi connectivity index (χ1n) is 10.1. The third kappa shape index (κ3) is 3.54. The summed E-state index contributed by atoms with van der Waals surface area (Å²) in [6, 6.07) is 17.4. The lowest BCUT2D eigenvalue weighted by molar-refractivity contribution is -0.132. The van der Waals surface area contributed by atoms with Gasteiger partial charge >= 0.3 is 0 Å². The zero-order chi connectivity index (χ0) is 23.0. The van der Waals surface area contributed by atoms with Gasteiger partial charge in [0.15, 0.2) is 0 Å². The number of benzene rings is 3. The minimum atomic E-state index is -0.853. The lowest BCUT2D eigenvalue weighted by atomic mass is 9.92. The number of methoxy groups -OCH3 is 1. The van der Waals surface area contributed by atoms with E-state index in [2.05, 4.69) is 0 Å². The summed E-state index contributed by atoms with van der Waals surface area (Å²) in [7, 11) is 1.52. The number of carbonyl (C=O) groups is 2. The number of carbonyl (C=O) groups excluding carboxylic acids is 2. The highest BCUT2D eigenvalue weighted by atomic mass is 19.1. The first kappa shape index (κ1) is 21.3. The largest absolute Gasteiger partial charge is 0.507 e. The molecule has 162 valence electrons. The van der Waals surface area contributed by atoms with E-state index in [1.807, 2.05) is 31.2 Å². The van der Waals surface area contributed by atoms with Gasteiger partial charge in [-0.1, -0.05) is 30.3 Å². The monoisotopic (exact) mass is 431 g/mol. The maximum absolute atomic E-state index is 13.8. The predicted octanol–water partition coefficient (Wildman–Crippen LogP) is 5.08. The van der Waals surface area contributed by atoms with Crippen molar-refractivity contribution in [2.45, 2.75) is 19.9 Å². The van der Waals surface area contributed by atoms with Crippen molar-refractivity contribution in [1.82, 2.24) is 0 Å². The van der Waals surface area contributed by atoms with Crippen LogP contribution in [0.3, 0.4) is 0 Å². The van der Waals surface area contributed by atoms with Crippen LogP contribution in [-0.2, 0) is 9.59 Å². The molecule has 1 amide bonds. The topological polar surface area (TPSA) is 66.8 Å². The fraction of sp³-hybridized carbons (Fsp3) is 0.154. The number of aliphatic hydroxyl groups is 1. The summed E-state index contributed by atoms with van der Waals surface area (Å²) in [5, 5.41) is 11.1. The van der Waals surface area contributed by atoms with Gasteiger partial charge in [-0.15, -0.1) is 0 Å². The van der Waals surface area contributed by atoms with E-state index < -0.39 is 23.5 Å². The van der Waals surface area contributed by atoms with Crippen molar-refractivity contribution in [3.05, 3.63) is 100 Å². The number of hydrogen-bond acceptors (Lipinski definition) is 4. The predicted molar refractivity (Wildman–Crippen MR) is 120 cm³/mol. The molecule has 0 radical (unpaired) electrons. The van der Waals surface area contributed by atoms with Gasteiger partial charge in [0, 0.05) is 17.3 Å². The highest BCUT2D eigenvalue weighted by Gasteiger charge is 2.47. The Kier molecular flexibility index (Phi) is 5.53. The van der Waals surface area contributed by atoms with Crippen LogP contribution in [0.25, 0.3) is 5.76 Å². The van der Waals surface area contributed by atoms with Gasteiger partial charge in [-0.3, -0.25) is 14.5 Å². The van der Waals surface area contributed by atoms with Gasteiger partial charge in [-0.25, -0.2) is 4.39 Å². The van der Waals surface area contributed by atoms with Crippen molar-refractivity contribution in [3.8, 4) is 5.75 Å². The molecule has 1 heterocycles. The molecule has 6 heteroatoms. The van der Waals surface area contributed by atoms with E-state index in [0.717, 1.165) is 5.56 Å². The van der Waals surface area contributed by atoms with Crippen LogP contribution in [0.5, 0.6) is 5.75 Å². The Morgan fingerprint density at radius 3 is 2.41 bits per heavy atom. The molecule has 0 bridgehead atoms. The number of anilines is 1. The molecule has 1 aliphatic heterocycles. The molecule has 0 aliphatic carbocycles. The first-order valence-corrected chi connectivity index (χ1v) is 10.1. The third-order valence-corrected chi connectivity index (χ3v) is 5.69.